The number of hydrogen-bond donors (Lipinski definition) is 0. The average molecular weight is 241 g/mol. The molecule has 0 saturated heterocycles. The smallest absolute Gasteiger partial charge is 0.180 e. The van der Waals surface area contributed by atoms with Crippen molar-refractivity contribution in [1.82, 2.24) is 0 Å². The summed E-state index contributed by atoms with van der Waals surface area (Å²) < 4.78 is 5.87. The maximum Gasteiger partial charge on any atom is 0.180 e. The van der Waals surface area contributed by atoms with Crippen LogP contribution in [0, 0.1) is 0 Å². The first kappa shape index (κ1) is 13.8. The van der Waals surface area contributed by atoms with Crippen LogP contribution in [0.2, 0.25) is 19.6 Å². The molecule has 0 N–H and O–H groups in total. The van der Waals surface area contributed by atoms with E-state index < -0.39 is 8.07 Å². The van der Waals surface area contributed by atoms with Crippen molar-refractivity contribution < 1.29 is 4.74 Å². The number of nitrogens with zero attached hydrogens (tertiary/aromatic N) is 1. The highest BCUT2D eigenvalue weighted by Gasteiger charge is 2.38. The molecule has 1 rings (SSSR count). The van der Waals surface area contributed by atoms with Gasteiger partial charge in [-0.25, -0.2) is 0 Å². The fraction of sp³-hybridized carbons (Fsp3) is 0.923. The molecule has 0 bridgehead atoms. The van der Waals surface area contributed by atoms with Gasteiger partial charge in [-0.15, -0.1) is 0 Å². The Labute approximate surface area is 102 Å². The lowest BCUT2D eigenvalue weighted by Gasteiger charge is -2.27. The number of aliphatic imine (C=N–C) groups is 1. The highest BCUT2D eigenvalue weighted by atomic mass is 28.3. The van der Waals surface area contributed by atoms with E-state index in [-0.39, 0.29) is 0 Å². The van der Waals surface area contributed by atoms with Gasteiger partial charge in [-0.3, -0.25) is 4.99 Å². The highest BCUT2D eigenvalue weighted by Crippen LogP contribution is 2.26. The molecular weight excluding hydrogens is 214 g/mol. The second kappa shape index (κ2) is 5.85. The summed E-state index contributed by atoms with van der Waals surface area (Å²) >= 11 is 0. The summed E-state index contributed by atoms with van der Waals surface area (Å²) in [6.07, 6.45) is 6.86. The van der Waals surface area contributed by atoms with E-state index in [0.717, 1.165) is 5.90 Å². The van der Waals surface area contributed by atoms with Gasteiger partial charge < -0.3 is 4.74 Å². The van der Waals surface area contributed by atoms with Crippen molar-refractivity contribution in [2.75, 3.05) is 0 Å². The zero-order valence-corrected chi connectivity index (χ0v) is 12.5. The number of unbranched alkanes of at least 4 members (excludes halogenated alkanes) is 3. The molecular formula is C13H27NOSi. The third-order valence-electron chi connectivity index (χ3n) is 3.22. The van der Waals surface area contributed by atoms with Gasteiger partial charge in [0.05, 0.1) is 13.7 Å². The zero-order chi connectivity index (χ0) is 12.2. The van der Waals surface area contributed by atoms with Crippen molar-refractivity contribution in [3.63, 3.8) is 0 Å². The average Bonchev–Trinajstić information content (AvgIpc) is 2.54. The Kier molecular flexibility index (Phi) is 5.03. The normalized spacial score (nSPS) is 25.4. The van der Waals surface area contributed by atoms with Crippen LogP contribution < -0.4 is 0 Å². The Bertz CT molecular complexity index is 245. The molecule has 0 radical (unpaired) electrons. The van der Waals surface area contributed by atoms with Crippen LogP contribution in [0.3, 0.4) is 0 Å². The maximum absolute atomic E-state index is 5.87. The minimum atomic E-state index is -1.21. The van der Waals surface area contributed by atoms with Crippen LogP contribution in [0.25, 0.3) is 0 Å². The summed E-state index contributed by atoms with van der Waals surface area (Å²) in [5, 5.41) is 0. The first-order valence-electron chi connectivity index (χ1n) is 6.66. The molecule has 1 heterocycles. The van der Waals surface area contributed by atoms with Crippen molar-refractivity contribution in [3.05, 3.63) is 0 Å². The topological polar surface area (TPSA) is 21.6 Å². The molecule has 0 aromatic carbocycles. The van der Waals surface area contributed by atoms with Crippen LogP contribution in [-0.2, 0) is 4.74 Å². The Morgan fingerprint density at radius 2 is 1.88 bits per heavy atom. The summed E-state index contributed by atoms with van der Waals surface area (Å²) in [6.45, 7) is 11.4. The first-order valence-corrected chi connectivity index (χ1v) is 10.2. The van der Waals surface area contributed by atoms with E-state index in [0.29, 0.717) is 11.8 Å². The zero-order valence-electron chi connectivity index (χ0n) is 11.5. The largest absolute Gasteiger partial charge is 0.476 e. The second-order valence-electron chi connectivity index (χ2n) is 5.96. The predicted octanol–water partition coefficient (Wildman–Crippen LogP) is 4.02. The van der Waals surface area contributed by atoms with Crippen LogP contribution in [0.1, 0.15) is 46.0 Å². The lowest BCUT2D eigenvalue weighted by molar-refractivity contribution is 0.194. The molecule has 94 valence electrons. The minimum absolute atomic E-state index is 0.378. The quantitative estimate of drug-likeness (QED) is 0.508. The molecule has 0 saturated carbocycles. The third-order valence-corrected chi connectivity index (χ3v) is 5.50. The Hall–Kier alpha value is -0.313. The number of rotatable bonds is 6. The van der Waals surface area contributed by atoms with E-state index in [1.807, 2.05) is 6.92 Å². The van der Waals surface area contributed by atoms with Crippen LogP contribution in [-0.4, -0.2) is 25.7 Å². The van der Waals surface area contributed by atoms with Crippen LogP contribution >= 0.6 is 0 Å². The Morgan fingerprint density at radius 3 is 2.44 bits per heavy atom. The second-order valence-corrected chi connectivity index (χ2v) is 11.3. The SMILES string of the molecule is CCCCCC[C@H]1OC(C)=N[C@H]1[Si](C)(C)C. The van der Waals surface area contributed by atoms with Crippen molar-refractivity contribution in [2.24, 2.45) is 4.99 Å². The first-order chi connectivity index (χ1) is 7.45. The molecule has 0 amide bonds. The molecule has 0 spiro atoms. The minimum Gasteiger partial charge on any atom is -0.476 e. The van der Waals surface area contributed by atoms with Crippen LogP contribution in [0.4, 0.5) is 0 Å². The van der Waals surface area contributed by atoms with Crippen molar-refractivity contribution >= 4 is 14.0 Å². The molecule has 3 heteroatoms. The molecule has 0 aromatic rings. The van der Waals surface area contributed by atoms with Gasteiger partial charge in [0.15, 0.2) is 5.90 Å². The monoisotopic (exact) mass is 241 g/mol. The number of hydrogen-bond acceptors (Lipinski definition) is 2. The Morgan fingerprint density at radius 1 is 1.19 bits per heavy atom. The molecule has 0 fully saturated rings. The molecule has 0 unspecified atom stereocenters. The molecule has 1 aliphatic heterocycles. The van der Waals surface area contributed by atoms with Crippen LogP contribution in [0.15, 0.2) is 4.99 Å². The standard InChI is InChI=1S/C13H27NOSi/c1-6-7-8-9-10-12-13(16(3,4)5)14-11(2)15-12/h12-13H,6-10H2,1-5H3/t12-,13+/m1/s1. The summed E-state index contributed by atoms with van der Waals surface area (Å²) in [4.78, 5) is 4.70. The van der Waals surface area contributed by atoms with E-state index in [1.54, 1.807) is 0 Å². The summed E-state index contributed by atoms with van der Waals surface area (Å²) in [5.74, 6) is 0.910. The maximum atomic E-state index is 5.87. The summed E-state index contributed by atoms with van der Waals surface area (Å²) in [6, 6.07) is 0. The lowest BCUT2D eigenvalue weighted by Crippen LogP contribution is -2.43. The summed E-state index contributed by atoms with van der Waals surface area (Å²) in [7, 11) is -1.21. The van der Waals surface area contributed by atoms with E-state index >= 15 is 0 Å². The van der Waals surface area contributed by atoms with Crippen molar-refractivity contribution in [1.29, 1.82) is 0 Å². The van der Waals surface area contributed by atoms with Gasteiger partial charge in [0.25, 0.3) is 0 Å². The van der Waals surface area contributed by atoms with Gasteiger partial charge in [0, 0.05) is 6.92 Å². The highest BCUT2D eigenvalue weighted by molar-refractivity contribution is 6.78. The number of ether oxygens (including phenoxy) is 1. The fourth-order valence-electron chi connectivity index (χ4n) is 2.33. The molecule has 0 aromatic heterocycles. The predicted molar refractivity (Wildman–Crippen MR) is 73.9 cm³/mol. The van der Waals surface area contributed by atoms with E-state index in [1.165, 1.54) is 32.1 Å². The molecule has 2 atom stereocenters. The molecule has 1 aliphatic rings. The van der Waals surface area contributed by atoms with E-state index in [9.17, 15) is 0 Å². The Balaban J connectivity index is 2.42. The summed E-state index contributed by atoms with van der Waals surface area (Å²) in [5.41, 5.74) is 0.481. The van der Waals surface area contributed by atoms with Crippen molar-refractivity contribution in [3.8, 4) is 0 Å². The van der Waals surface area contributed by atoms with E-state index in [4.69, 9.17) is 9.73 Å². The van der Waals surface area contributed by atoms with Gasteiger partial charge in [-0.1, -0.05) is 45.8 Å². The molecule has 0 aliphatic carbocycles. The van der Waals surface area contributed by atoms with Gasteiger partial charge in [0.1, 0.15) is 6.10 Å². The lowest BCUT2D eigenvalue weighted by atomic mass is 10.1. The molecule has 2 nitrogen and oxygen atoms in total. The third kappa shape index (κ3) is 3.93. The van der Waals surface area contributed by atoms with Gasteiger partial charge in [0.2, 0.25) is 0 Å². The van der Waals surface area contributed by atoms with Gasteiger partial charge in [-0.05, 0) is 12.8 Å². The van der Waals surface area contributed by atoms with Crippen LogP contribution in [0.5, 0.6) is 0 Å². The van der Waals surface area contributed by atoms with E-state index in [2.05, 4.69) is 26.6 Å². The van der Waals surface area contributed by atoms with Gasteiger partial charge in [-0.2, -0.15) is 0 Å². The molecule has 16 heavy (non-hydrogen) atoms. The fourth-order valence-corrected chi connectivity index (χ4v) is 4.25. The van der Waals surface area contributed by atoms with Crippen molar-refractivity contribution in [2.45, 2.75) is 77.4 Å². The van der Waals surface area contributed by atoms with Gasteiger partial charge >= 0.3 is 0 Å².